The van der Waals surface area contributed by atoms with Crippen LogP contribution < -0.4 is 5.73 Å². The SMILES string of the molecule is COCCCS(=O)c1nc2cc(N)ccc2o1. The van der Waals surface area contributed by atoms with Gasteiger partial charge in [0.25, 0.3) is 5.22 Å². The fourth-order valence-corrected chi connectivity index (χ4v) is 2.38. The zero-order chi connectivity index (χ0) is 12.3. The van der Waals surface area contributed by atoms with Gasteiger partial charge in [-0.25, -0.2) is 9.19 Å². The molecule has 0 spiro atoms. The van der Waals surface area contributed by atoms with Gasteiger partial charge in [-0.15, -0.1) is 0 Å². The third-order valence-corrected chi connectivity index (χ3v) is 3.49. The summed E-state index contributed by atoms with van der Waals surface area (Å²) < 4.78 is 22.2. The number of hydrogen-bond donors (Lipinski definition) is 1. The van der Waals surface area contributed by atoms with Crippen molar-refractivity contribution < 1.29 is 13.4 Å². The molecule has 2 rings (SSSR count). The van der Waals surface area contributed by atoms with E-state index < -0.39 is 10.8 Å². The molecule has 0 saturated carbocycles. The van der Waals surface area contributed by atoms with Crippen molar-refractivity contribution >= 4 is 27.6 Å². The lowest BCUT2D eigenvalue weighted by Gasteiger charge is -1.96. The van der Waals surface area contributed by atoms with Gasteiger partial charge in [0, 0.05) is 25.2 Å². The predicted molar refractivity (Wildman–Crippen MR) is 66.2 cm³/mol. The molecule has 17 heavy (non-hydrogen) atoms. The zero-order valence-corrected chi connectivity index (χ0v) is 10.3. The second-order valence-corrected chi connectivity index (χ2v) is 5.05. The van der Waals surface area contributed by atoms with E-state index in [2.05, 4.69) is 4.98 Å². The number of nitrogen functional groups attached to an aromatic ring is 1. The highest BCUT2D eigenvalue weighted by molar-refractivity contribution is 7.84. The minimum atomic E-state index is -1.22. The molecule has 2 aromatic rings. The van der Waals surface area contributed by atoms with Crippen LogP contribution in [0.5, 0.6) is 0 Å². The van der Waals surface area contributed by atoms with Crippen LogP contribution in [-0.4, -0.2) is 28.7 Å². The van der Waals surface area contributed by atoms with E-state index in [9.17, 15) is 4.21 Å². The monoisotopic (exact) mass is 254 g/mol. The Morgan fingerprint density at radius 2 is 2.35 bits per heavy atom. The molecule has 0 amide bonds. The quantitative estimate of drug-likeness (QED) is 0.647. The van der Waals surface area contributed by atoms with Crippen LogP contribution in [0.15, 0.2) is 27.8 Å². The lowest BCUT2D eigenvalue weighted by molar-refractivity contribution is 0.200. The Balaban J connectivity index is 2.15. The standard InChI is InChI=1S/C11H14N2O3S/c1-15-5-2-6-17(14)11-13-9-7-8(12)3-4-10(9)16-11/h3-4,7H,2,5-6,12H2,1H3. The van der Waals surface area contributed by atoms with E-state index >= 15 is 0 Å². The molecule has 0 aliphatic rings. The molecule has 0 fully saturated rings. The van der Waals surface area contributed by atoms with E-state index in [1.807, 2.05) is 0 Å². The number of anilines is 1. The summed E-state index contributed by atoms with van der Waals surface area (Å²) in [5, 5.41) is 0.252. The molecule has 92 valence electrons. The van der Waals surface area contributed by atoms with E-state index in [1.54, 1.807) is 25.3 Å². The Kier molecular flexibility index (Phi) is 3.75. The minimum Gasteiger partial charge on any atom is -0.430 e. The van der Waals surface area contributed by atoms with Gasteiger partial charge in [-0.3, -0.25) is 0 Å². The number of methoxy groups -OCH3 is 1. The van der Waals surface area contributed by atoms with E-state index in [-0.39, 0.29) is 5.22 Å². The summed E-state index contributed by atoms with van der Waals surface area (Å²) in [6, 6.07) is 5.16. The van der Waals surface area contributed by atoms with E-state index in [4.69, 9.17) is 14.9 Å². The van der Waals surface area contributed by atoms with Crippen molar-refractivity contribution in [2.75, 3.05) is 25.2 Å². The summed E-state index contributed by atoms with van der Waals surface area (Å²) >= 11 is 0. The third-order valence-electron chi connectivity index (χ3n) is 2.26. The average Bonchev–Trinajstić information content (AvgIpc) is 2.72. The summed E-state index contributed by atoms with van der Waals surface area (Å²) in [5.41, 5.74) is 7.49. The van der Waals surface area contributed by atoms with Crippen LogP contribution >= 0.6 is 0 Å². The molecule has 2 N–H and O–H groups in total. The molecular weight excluding hydrogens is 240 g/mol. The number of oxazole rings is 1. The molecule has 0 aliphatic heterocycles. The molecule has 1 aromatic carbocycles. The lowest BCUT2D eigenvalue weighted by atomic mass is 10.3. The Labute approximate surface area is 101 Å². The van der Waals surface area contributed by atoms with Gasteiger partial charge in [-0.1, -0.05) is 0 Å². The fourth-order valence-electron chi connectivity index (χ4n) is 1.44. The maximum Gasteiger partial charge on any atom is 0.287 e. The number of ether oxygens (including phenoxy) is 1. The van der Waals surface area contributed by atoms with Crippen molar-refractivity contribution in [1.29, 1.82) is 0 Å². The first-order valence-corrected chi connectivity index (χ1v) is 6.56. The van der Waals surface area contributed by atoms with Crippen molar-refractivity contribution in [2.45, 2.75) is 11.6 Å². The van der Waals surface area contributed by atoms with Crippen LogP contribution in [0.1, 0.15) is 6.42 Å². The summed E-state index contributed by atoms with van der Waals surface area (Å²) in [7, 11) is 0.393. The van der Waals surface area contributed by atoms with Crippen molar-refractivity contribution in [3.63, 3.8) is 0 Å². The van der Waals surface area contributed by atoms with Gasteiger partial charge in [0.1, 0.15) is 16.3 Å². The number of nitrogens with zero attached hydrogens (tertiary/aromatic N) is 1. The molecule has 1 unspecified atom stereocenters. The number of aromatic nitrogens is 1. The average molecular weight is 254 g/mol. The maximum absolute atomic E-state index is 11.8. The number of rotatable bonds is 5. The van der Waals surface area contributed by atoms with Crippen molar-refractivity contribution in [3.8, 4) is 0 Å². The number of nitrogens with two attached hydrogens (primary N) is 1. The second-order valence-electron chi connectivity index (χ2n) is 3.60. The van der Waals surface area contributed by atoms with Crippen LogP contribution in [0.4, 0.5) is 5.69 Å². The zero-order valence-electron chi connectivity index (χ0n) is 9.51. The van der Waals surface area contributed by atoms with Crippen molar-refractivity contribution in [3.05, 3.63) is 18.2 Å². The Hall–Kier alpha value is -1.40. The Bertz CT molecular complexity index is 538. The Morgan fingerprint density at radius 1 is 1.53 bits per heavy atom. The van der Waals surface area contributed by atoms with Crippen LogP contribution in [0.2, 0.25) is 0 Å². The van der Waals surface area contributed by atoms with Crippen LogP contribution in [0.3, 0.4) is 0 Å². The molecule has 1 heterocycles. The largest absolute Gasteiger partial charge is 0.430 e. The highest BCUT2D eigenvalue weighted by Crippen LogP contribution is 2.20. The Morgan fingerprint density at radius 3 is 3.12 bits per heavy atom. The molecule has 1 aromatic heterocycles. The normalized spacial score (nSPS) is 13.0. The number of benzene rings is 1. The van der Waals surface area contributed by atoms with Crippen molar-refractivity contribution in [2.24, 2.45) is 0 Å². The van der Waals surface area contributed by atoms with E-state index in [0.717, 1.165) is 0 Å². The molecule has 6 heteroatoms. The van der Waals surface area contributed by atoms with E-state index in [1.165, 1.54) is 0 Å². The number of fused-ring (bicyclic) bond motifs is 1. The summed E-state index contributed by atoms with van der Waals surface area (Å²) in [6.45, 7) is 0.582. The molecule has 1 atom stereocenters. The topological polar surface area (TPSA) is 78.3 Å². The predicted octanol–water partition coefficient (Wildman–Crippen LogP) is 1.55. The van der Waals surface area contributed by atoms with Gasteiger partial charge in [-0.2, -0.15) is 0 Å². The smallest absolute Gasteiger partial charge is 0.287 e. The molecule has 0 radical (unpaired) electrons. The molecular formula is C11H14N2O3S. The lowest BCUT2D eigenvalue weighted by Crippen LogP contribution is -2.01. The first-order valence-electron chi connectivity index (χ1n) is 5.24. The van der Waals surface area contributed by atoms with Crippen LogP contribution in [-0.2, 0) is 15.5 Å². The van der Waals surface area contributed by atoms with Crippen molar-refractivity contribution in [1.82, 2.24) is 4.98 Å². The van der Waals surface area contributed by atoms with Gasteiger partial charge >= 0.3 is 0 Å². The molecule has 0 aliphatic carbocycles. The summed E-state index contributed by atoms with van der Waals surface area (Å²) in [6.07, 6.45) is 0.712. The van der Waals surface area contributed by atoms with Gasteiger partial charge in [0.05, 0.1) is 0 Å². The maximum atomic E-state index is 11.8. The third kappa shape index (κ3) is 2.83. The number of hydrogen-bond acceptors (Lipinski definition) is 5. The first kappa shape index (κ1) is 12.1. The van der Waals surface area contributed by atoms with Gasteiger partial charge in [0.15, 0.2) is 5.58 Å². The van der Waals surface area contributed by atoms with E-state index in [0.29, 0.717) is 35.6 Å². The highest BCUT2D eigenvalue weighted by Gasteiger charge is 2.12. The van der Waals surface area contributed by atoms with Gasteiger partial charge in [0.2, 0.25) is 0 Å². The van der Waals surface area contributed by atoms with Crippen LogP contribution in [0.25, 0.3) is 11.1 Å². The summed E-state index contributed by atoms with van der Waals surface area (Å²) in [4.78, 5) is 4.16. The fraction of sp³-hybridized carbons (Fsp3) is 0.364. The highest BCUT2D eigenvalue weighted by atomic mass is 32.2. The van der Waals surface area contributed by atoms with Gasteiger partial charge in [-0.05, 0) is 24.6 Å². The second kappa shape index (κ2) is 5.29. The molecule has 5 nitrogen and oxygen atoms in total. The van der Waals surface area contributed by atoms with Crippen LogP contribution in [0, 0.1) is 0 Å². The minimum absolute atomic E-state index is 0.252. The van der Waals surface area contributed by atoms with Gasteiger partial charge < -0.3 is 14.9 Å². The first-order chi connectivity index (χ1) is 8.20. The molecule has 0 saturated heterocycles. The summed E-state index contributed by atoms with van der Waals surface area (Å²) in [5.74, 6) is 0.482. The molecule has 0 bridgehead atoms.